The van der Waals surface area contributed by atoms with Crippen molar-refractivity contribution in [1.29, 1.82) is 0 Å². The van der Waals surface area contributed by atoms with Gasteiger partial charge >= 0.3 is 0 Å². The van der Waals surface area contributed by atoms with Crippen LogP contribution in [0.4, 0.5) is 0 Å². The van der Waals surface area contributed by atoms with Crippen molar-refractivity contribution in [3.63, 3.8) is 0 Å². The topological polar surface area (TPSA) is 84.0 Å². The van der Waals surface area contributed by atoms with Gasteiger partial charge in [-0.2, -0.15) is 8.61 Å². The lowest BCUT2D eigenvalue weighted by molar-refractivity contribution is 0.0730. The van der Waals surface area contributed by atoms with Crippen molar-refractivity contribution < 1.29 is 21.6 Å². The van der Waals surface area contributed by atoms with E-state index in [1.54, 1.807) is 4.31 Å². The number of hydrogen-bond acceptors (Lipinski definition) is 5. The largest absolute Gasteiger partial charge is 0.379 e. The van der Waals surface area contributed by atoms with Crippen LogP contribution in [0.15, 0.2) is 34.1 Å². The first-order chi connectivity index (χ1) is 12.2. The molecule has 2 aliphatic heterocycles. The first-order valence-corrected chi connectivity index (χ1v) is 11.8. The van der Waals surface area contributed by atoms with Gasteiger partial charge in [0.2, 0.25) is 20.0 Å². The summed E-state index contributed by atoms with van der Waals surface area (Å²) in [5, 5.41) is 0. The summed E-state index contributed by atoms with van der Waals surface area (Å²) in [5.74, 6) is 0. The highest BCUT2D eigenvalue weighted by atomic mass is 32.2. The third-order valence-electron chi connectivity index (χ3n) is 5.12. The van der Waals surface area contributed by atoms with Crippen molar-refractivity contribution in [3.8, 4) is 0 Å². The van der Waals surface area contributed by atoms with Gasteiger partial charge in [0.25, 0.3) is 0 Å². The minimum atomic E-state index is -3.64. The molecule has 2 atom stereocenters. The summed E-state index contributed by atoms with van der Waals surface area (Å²) < 4.78 is 59.5. The number of ether oxygens (including phenoxy) is 1. The molecule has 1 aromatic carbocycles. The molecule has 0 bridgehead atoms. The number of piperidine rings is 1. The van der Waals surface area contributed by atoms with Gasteiger partial charge in [-0.1, -0.05) is 6.42 Å². The third kappa shape index (κ3) is 3.68. The fourth-order valence-electron chi connectivity index (χ4n) is 3.71. The van der Waals surface area contributed by atoms with E-state index in [-0.39, 0.29) is 21.9 Å². The highest BCUT2D eigenvalue weighted by Crippen LogP contribution is 2.30. The molecule has 0 spiro atoms. The van der Waals surface area contributed by atoms with Crippen molar-refractivity contribution in [3.05, 3.63) is 24.3 Å². The standard InChI is InChI=1S/C17H26N2O5S2/c1-14-4-3-5-15(2)19(14)26(22,23)17-8-6-16(7-9-17)25(20,21)18-10-12-24-13-11-18/h6-9,14-15H,3-5,10-13H2,1-2H3/t14-,15+. The summed E-state index contributed by atoms with van der Waals surface area (Å²) in [4.78, 5) is 0.247. The van der Waals surface area contributed by atoms with Gasteiger partial charge in [-0.3, -0.25) is 0 Å². The minimum absolute atomic E-state index is 0.0551. The van der Waals surface area contributed by atoms with Gasteiger partial charge < -0.3 is 4.74 Å². The molecule has 0 radical (unpaired) electrons. The molecule has 2 aliphatic rings. The fraction of sp³-hybridized carbons (Fsp3) is 0.647. The van der Waals surface area contributed by atoms with Gasteiger partial charge in [-0.25, -0.2) is 16.8 Å². The van der Waals surface area contributed by atoms with Crippen LogP contribution in [0.2, 0.25) is 0 Å². The fourth-order valence-corrected chi connectivity index (χ4v) is 7.00. The zero-order valence-corrected chi connectivity index (χ0v) is 16.8. The Morgan fingerprint density at radius 2 is 1.31 bits per heavy atom. The first-order valence-electron chi connectivity index (χ1n) is 8.96. The SMILES string of the molecule is C[C@@H]1CCC[C@H](C)N1S(=O)(=O)c1ccc(S(=O)(=O)N2CCOCC2)cc1. The second kappa shape index (κ2) is 7.55. The maximum Gasteiger partial charge on any atom is 0.243 e. The molecule has 146 valence electrons. The van der Waals surface area contributed by atoms with Crippen LogP contribution in [0, 0.1) is 0 Å². The monoisotopic (exact) mass is 402 g/mol. The van der Waals surface area contributed by atoms with E-state index >= 15 is 0 Å². The Morgan fingerprint density at radius 3 is 1.81 bits per heavy atom. The van der Waals surface area contributed by atoms with Crippen molar-refractivity contribution in [2.75, 3.05) is 26.3 Å². The molecule has 9 heteroatoms. The Kier molecular flexibility index (Phi) is 5.74. The quantitative estimate of drug-likeness (QED) is 0.765. The maximum atomic E-state index is 13.0. The van der Waals surface area contributed by atoms with E-state index in [9.17, 15) is 16.8 Å². The average molecular weight is 403 g/mol. The Balaban J connectivity index is 1.87. The maximum absolute atomic E-state index is 13.0. The zero-order valence-electron chi connectivity index (χ0n) is 15.2. The van der Waals surface area contributed by atoms with E-state index in [0.29, 0.717) is 26.3 Å². The molecule has 2 fully saturated rings. The molecule has 1 aromatic rings. The van der Waals surface area contributed by atoms with Crippen LogP contribution in [0.3, 0.4) is 0 Å². The van der Waals surface area contributed by atoms with E-state index in [1.807, 2.05) is 13.8 Å². The molecule has 26 heavy (non-hydrogen) atoms. The van der Waals surface area contributed by atoms with Crippen LogP contribution in [0.1, 0.15) is 33.1 Å². The Labute approximate surface area is 156 Å². The average Bonchev–Trinajstić information content (AvgIpc) is 2.62. The van der Waals surface area contributed by atoms with E-state index < -0.39 is 20.0 Å². The second-order valence-electron chi connectivity index (χ2n) is 6.95. The van der Waals surface area contributed by atoms with Gasteiger partial charge in [0.1, 0.15) is 0 Å². The smallest absolute Gasteiger partial charge is 0.243 e. The summed E-state index contributed by atoms with van der Waals surface area (Å²) >= 11 is 0. The van der Waals surface area contributed by atoms with Crippen molar-refractivity contribution in [2.45, 2.75) is 55.0 Å². The van der Waals surface area contributed by atoms with Crippen molar-refractivity contribution in [2.24, 2.45) is 0 Å². The van der Waals surface area contributed by atoms with Gasteiger partial charge in [0.05, 0.1) is 23.0 Å². The number of sulfonamides is 2. The van der Waals surface area contributed by atoms with Gasteiger partial charge in [0, 0.05) is 25.2 Å². The van der Waals surface area contributed by atoms with Crippen molar-refractivity contribution >= 4 is 20.0 Å². The number of morpholine rings is 1. The summed E-state index contributed by atoms with van der Waals surface area (Å²) in [6, 6.07) is 5.46. The van der Waals surface area contributed by atoms with E-state index in [1.165, 1.54) is 28.6 Å². The Morgan fingerprint density at radius 1 is 0.846 bits per heavy atom. The minimum Gasteiger partial charge on any atom is -0.379 e. The second-order valence-corrected chi connectivity index (χ2v) is 10.7. The molecule has 3 rings (SSSR count). The molecular weight excluding hydrogens is 376 g/mol. The summed E-state index contributed by atoms with van der Waals surface area (Å²) in [6.07, 6.45) is 2.70. The Bertz CT molecular complexity index is 820. The third-order valence-corrected chi connectivity index (χ3v) is 9.18. The van der Waals surface area contributed by atoms with Gasteiger partial charge in [0.15, 0.2) is 0 Å². The zero-order chi connectivity index (χ0) is 18.9. The van der Waals surface area contributed by atoms with E-state index in [4.69, 9.17) is 4.74 Å². The molecule has 0 N–H and O–H groups in total. The van der Waals surface area contributed by atoms with Crippen LogP contribution >= 0.6 is 0 Å². The number of rotatable bonds is 4. The van der Waals surface area contributed by atoms with E-state index in [0.717, 1.165) is 19.3 Å². The summed E-state index contributed by atoms with van der Waals surface area (Å²) in [7, 11) is -7.27. The number of nitrogens with zero attached hydrogens (tertiary/aromatic N) is 2. The van der Waals surface area contributed by atoms with Crippen LogP contribution in [0.25, 0.3) is 0 Å². The van der Waals surface area contributed by atoms with Crippen LogP contribution in [-0.4, -0.2) is 63.8 Å². The van der Waals surface area contributed by atoms with E-state index in [2.05, 4.69) is 0 Å². The molecule has 2 saturated heterocycles. The molecule has 2 heterocycles. The highest BCUT2D eigenvalue weighted by molar-refractivity contribution is 7.89. The molecule has 0 aliphatic carbocycles. The lowest BCUT2D eigenvalue weighted by Gasteiger charge is -2.37. The number of benzene rings is 1. The predicted molar refractivity (Wildman–Crippen MR) is 97.8 cm³/mol. The highest BCUT2D eigenvalue weighted by Gasteiger charge is 2.36. The van der Waals surface area contributed by atoms with Crippen molar-refractivity contribution in [1.82, 2.24) is 8.61 Å². The molecule has 7 nitrogen and oxygen atoms in total. The Hall–Kier alpha value is -1.00. The first kappa shape index (κ1) is 19.8. The molecule has 0 aromatic heterocycles. The predicted octanol–water partition coefficient (Wildman–Crippen LogP) is 1.66. The lowest BCUT2D eigenvalue weighted by Crippen LogP contribution is -2.47. The van der Waals surface area contributed by atoms with Gasteiger partial charge in [-0.15, -0.1) is 0 Å². The molecule has 0 unspecified atom stereocenters. The van der Waals surface area contributed by atoms with Crippen LogP contribution in [-0.2, 0) is 24.8 Å². The molecule has 0 saturated carbocycles. The number of hydrogen-bond donors (Lipinski definition) is 0. The summed E-state index contributed by atoms with van der Waals surface area (Å²) in [6.45, 7) is 5.21. The summed E-state index contributed by atoms with van der Waals surface area (Å²) in [5.41, 5.74) is 0. The lowest BCUT2D eigenvalue weighted by atomic mass is 10.0. The molecule has 0 amide bonds. The van der Waals surface area contributed by atoms with Gasteiger partial charge in [-0.05, 0) is 51.0 Å². The van der Waals surface area contributed by atoms with Crippen LogP contribution < -0.4 is 0 Å². The normalized spacial score (nSPS) is 26.7. The van der Waals surface area contributed by atoms with Crippen LogP contribution in [0.5, 0.6) is 0 Å². The molecular formula is C17H26N2O5S2.